The van der Waals surface area contributed by atoms with E-state index in [1.54, 1.807) is 22.7 Å². The molecule has 26 heavy (non-hydrogen) atoms. The van der Waals surface area contributed by atoms with Crippen LogP contribution in [0.1, 0.15) is 11.8 Å². The van der Waals surface area contributed by atoms with E-state index in [0.29, 0.717) is 19.6 Å². The minimum absolute atomic E-state index is 0.410. The molecule has 1 aromatic carbocycles. The van der Waals surface area contributed by atoms with Gasteiger partial charge in [-0.2, -0.15) is 0 Å². The van der Waals surface area contributed by atoms with Crippen molar-refractivity contribution in [1.82, 2.24) is 9.71 Å². The number of benzene rings is 1. The lowest BCUT2D eigenvalue weighted by Crippen LogP contribution is -2.23. The van der Waals surface area contributed by atoms with Crippen LogP contribution in [-0.2, 0) is 16.4 Å². The summed E-state index contributed by atoms with van der Waals surface area (Å²) in [6.45, 7) is 3.03. The summed E-state index contributed by atoms with van der Waals surface area (Å²) in [5.74, 6) is 0.860. The largest absolute Gasteiger partial charge is 0.494 e. The Morgan fingerprint density at radius 2 is 1.92 bits per heavy atom. The second-order valence-corrected chi connectivity index (χ2v) is 9.54. The molecule has 1 N–H and O–H groups in total. The molecule has 2 heterocycles. The molecular weight excluding hydrogens is 388 g/mol. The van der Waals surface area contributed by atoms with Gasteiger partial charge in [0, 0.05) is 22.4 Å². The van der Waals surface area contributed by atoms with Gasteiger partial charge in [-0.05, 0) is 49.7 Å². The van der Waals surface area contributed by atoms with E-state index < -0.39 is 10.0 Å². The predicted molar refractivity (Wildman–Crippen MR) is 109 cm³/mol. The summed E-state index contributed by atoms with van der Waals surface area (Å²) < 4.78 is 30.2. The highest BCUT2D eigenvalue weighted by Gasteiger charge is 2.10. The number of sulfonamides is 1. The van der Waals surface area contributed by atoms with Crippen LogP contribution in [0.25, 0.3) is 21.1 Å². The fraction of sp³-hybridized carbons (Fsp3) is 0.278. The lowest BCUT2D eigenvalue weighted by molar-refractivity contribution is 0.340. The zero-order valence-electron chi connectivity index (χ0n) is 14.6. The zero-order valence-corrected chi connectivity index (χ0v) is 17.0. The molecule has 3 rings (SSSR count). The van der Waals surface area contributed by atoms with E-state index in [1.807, 2.05) is 43.3 Å². The first-order chi connectivity index (χ1) is 12.4. The summed E-state index contributed by atoms with van der Waals surface area (Å²) in [5.41, 5.74) is 2.02. The van der Waals surface area contributed by atoms with Crippen LogP contribution in [0.5, 0.6) is 5.75 Å². The highest BCUT2D eigenvalue weighted by molar-refractivity contribution is 7.88. The third-order valence-corrected chi connectivity index (χ3v) is 6.35. The lowest BCUT2D eigenvalue weighted by Gasteiger charge is -2.02. The SMILES string of the molecule is CCOc1ccc(-c2nc(-c3ccc(CCNS(C)(=O)=O)s3)cs2)cc1. The van der Waals surface area contributed by atoms with Gasteiger partial charge in [0.15, 0.2) is 0 Å². The normalized spacial score (nSPS) is 11.6. The number of hydrogen-bond acceptors (Lipinski definition) is 6. The van der Waals surface area contributed by atoms with Crippen molar-refractivity contribution in [2.75, 3.05) is 19.4 Å². The van der Waals surface area contributed by atoms with Gasteiger partial charge in [-0.15, -0.1) is 22.7 Å². The smallest absolute Gasteiger partial charge is 0.208 e. The van der Waals surface area contributed by atoms with Gasteiger partial charge in [0.25, 0.3) is 0 Å². The van der Waals surface area contributed by atoms with E-state index in [9.17, 15) is 8.42 Å². The van der Waals surface area contributed by atoms with Gasteiger partial charge in [-0.3, -0.25) is 0 Å². The average Bonchev–Trinajstić information content (AvgIpc) is 3.24. The van der Waals surface area contributed by atoms with Gasteiger partial charge < -0.3 is 4.74 Å². The molecule has 0 amide bonds. The monoisotopic (exact) mass is 408 g/mol. The van der Waals surface area contributed by atoms with E-state index in [-0.39, 0.29) is 0 Å². The molecule has 0 saturated heterocycles. The maximum atomic E-state index is 11.1. The van der Waals surface area contributed by atoms with Gasteiger partial charge >= 0.3 is 0 Å². The minimum Gasteiger partial charge on any atom is -0.494 e. The number of rotatable bonds is 8. The molecule has 2 aromatic heterocycles. The van der Waals surface area contributed by atoms with Gasteiger partial charge in [-0.25, -0.2) is 18.1 Å². The molecule has 0 saturated carbocycles. The van der Waals surface area contributed by atoms with Crippen molar-refractivity contribution in [3.05, 3.63) is 46.7 Å². The molecule has 5 nitrogen and oxygen atoms in total. The van der Waals surface area contributed by atoms with Gasteiger partial charge in [0.05, 0.1) is 23.4 Å². The van der Waals surface area contributed by atoms with E-state index in [1.165, 1.54) is 6.26 Å². The third-order valence-electron chi connectivity index (χ3n) is 3.57. The average molecular weight is 409 g/mol. The van der Waals surface area contributed by atoms with Crippen molar-refractivity contribution >= 4 is 32.7 Å². The molecular formula is C18H20N2O3S3. The second-order valence-electron chi connectivity index (χ2n) is 5.68. The minimum atomic E-state index is -3.14. The van der Waals surface area contributed by atoms with Crippen molar-refractivity contribution in [3.8, 4) is 26.9 Å². The van der Waals surface area contributed by atoms with Crippen LogP contribution in [0.15, 0.2) is 41.8 Å². The Morgan fingerprint density at radius 3 is 2.62 bits per heavy atom. The van der Waals surface area contributed by atoms with Crippen LogP contribution in [0, 0.1) is 0 Å². The number of thiophene rings is 1. The maximum absolute atomic E-state index is 11.1. The molecule has 0 radical (unpaired) electrons. The number of nitrogens with zero attached hydrogens (tertiary/aromatic N) is 1. The molecule has 0 atom stereocenters. The number of hydrogen-bond donors (Lipinski definition) is 1. The zero-order chi connectivity index (χ0) is 18.6. The van der Waals surface area contributed by atoms with Gasteiger partial charge in [-0.1, -0.05) is 0 Å². The summed E-state index contributed by atoms with van der Waals surface area (Å²) >= 11 is 3.25. The number of ether oxygens (including phenoxy) is 1. The highest BCUT2D eigenvalue weighted by Crippen LogP contribution is 2.33. The van der Waals surface area contributed by atoms with Gasteiger partial charge in [0.1, 0.15) is 10.8 Å². The molecule has 0 spiro atoms. The van der Waals surface area contributed by atoms with Crippen molar-refractivity contribution in [2.24, 2.45) is 0 Å². The molecule has 0 fully saturated rings. The maximum Gasteiger partial charge on any atom is 0.208 e. The topological polar surface area (TPSA) is 68.3 Å². The number of nitrogens with one attached hydrogen (secondary N) is 1. The molecule has 0 unspecified atom stereocenters. The molecule has 0 aliphatic rings. The van der Waals surface area contributed by atoms with Crippen LogP contribution >= 0.6 is 22.7 Å². The standard InChI is InChI=1S/C18H20N2O3S3/c1-3-23-14-6-4-13(5-7-14)18-20-16(12-24-18)17-9-8-15(25-17)10-11-19-26(2,21)22/h4-9,12,19H,3,10-11H2,1-2H3. The van der Waals surface area contributed by atoms with E-state index >= 15 is 0 Å². The van der Waals surface area contributed by atoms with Crippen molar-refractivity contribution in [1.29, 1.82) is 0 Å². The van der Waals surface area contributed by atoms with Crippen LogP contribution < -0.4 is 9.46 Å². The van der Waals surface area contributed by atoms with E-state index in [4.69, 9.17) is 9.72 Å². The van der Waals surface area contributed by atoms with Crippen molar-refractivity contribution in [2.45, 2.75) is 13.3 Å². The summed E-state index contributed by atoms with van der Waals surface area (Å²) in [7, 11) is -3.14. The number of aromatic nitrogens is 1. The second kappa shape index (κ2) is 8.30. The van der Waals surface area contributed by atoms with Crippen LogP contribution in [0.4, 0.5) is 0 Å². The summed E-state index contributed by atoms with van der Waals surface area (Å²) in [6.07, 6.45) is 1.85. The molecule has 3 aromatic rings. The molecule has 138 valence electrons. The Hall–Kier alpha value is -1.74. The fourth-order valence-corrected chi connectivity index (χ4v) is 4.73. The van der Waals surface area contributed by atoms with Gasteiger partial charge in [0.2, 0.25) is 10.0 Å². The first-order valence-electron chi connectivity index (χ1n) is 8.17. The van der Waals surface area contributed by atoms with E-state index in [2.05, 4.69) is 10.1 Å². The molecule has 8 heteroatoms. The lowest BCUT2D eigenvalue weighted by atomic mass is 10.2. The first kappa shape index (κ1) is 19.0. The molecule has 0 aliphatic heterocycles. The van der Waals surface area contributed by atoms with Crippen LogP contribution in [-0.4, -0.2) is 32.8 Å². The predicted octanol–water partition coefficient (Wildman–Crippen LogP) is 4.03. The Bertz CT molecular complexity index is 960. The quantitative estimate of drug-likeness (QED) is 0.611. The van der Waals surface area contributed by atoms with Crippen LogP contribution in [0.2, 0.25) is 0 Å². The number of thiazole rings is 1. The Kier molecular flexibility index (Phi) is 6.08. The Balaban J connectivity index is 1.68. The van der Waals surface area contributed by atoms with E-state index in [0.717, 1.165) is 31.8 Å². The fourth-order valence-electron chi connectivity index (χ4n) is 2.39. The Morgan fingerprint density at radius 1 is 1.15 bits per heavy atom. The highest BCUT2D eigenvalue weighted by atomic mass is 32.2. The Labute approximate surface area is 161 Å². The van der Waals surface area contributed by atoms with Crippen molar-refractivity contribution in [3.63, 3.8) is 0 Å². The summed E-state index contributed by atoms with van der Waals surface area (Å²) in [5, 5.41) is 3.02. The first-order valence-corrected chi connectivity index (χ1v) is 11.8. The summed E-state index contributed by atoms with van der Waals surface area (Å²) in [4.78, 5) is 6.96. The molecule has 0 aliphatic carbocycles. The summed E-state index contributed by atoms with van der Waals surface area (Å²) in [6, 6.07) is 12.0. The van der Waals surface area contributed by atoms with Crippen LogP contribution in [0.3, 0.4) is 0 Å². The molecule has 0 bridgehead atoms. The van der Waals surface area contributed by atoms with Crippen molar-refractivity contribution < 1.29 is 13.2 Å². The third kappa shape index (κ3) is 5.14.